The molecule has 2 unspecified atom stereocenters. The van der Waals surface area contributed by atoms with Crippen molar-refractivity contribution in [1.29, 1.82) is 0 Å². The zero-order valence-electron chi connectivity index (χ0n) is 38.0. The number of hydrogen-bond donors (Lipinski definition) is 2. The molecule has 12 nitrogen and oxygen atoms in total. The quantitative estimate of drug-likeness (QED) is 0.109. The Morgan fingerprint density at radius 2 is 1.30 bits per heavy atom. The van der Waals surface area contributed by atoms with Gasteiger partial charge in [-0.25, -0.2) is 26.6 Å². The molecule has 63 heavy (non-hydrogen) atoms. The second-order valence-electron chi connectivity index (χ2n) is 18.5. The first-order chi connectivity index (χ1) is 29.7. The SMILES string of the molecule is CC(C)C1NCCn2c1cc1cc(CO[Si](c3ccccc3)(c3ccccc3)C(C)(C)C)c(S(C)(=O)=O)cc12.COC(=O)c1cc2nc3n(c2cc1S(C)(=O)=O)CCNC3C(C)C. The molecule has 2 N–H and O–H groups in total. The lowest BCUT2D eigenvalue weighted by Gasteiger charge is -2.43. The van der Waals surface area contributed by atoms with Crippen molar-refractivity contribution in [3.8, 4) is 0 Å². The van der Waals surface area contributed by atoms with Gasteiger partial charge in [-0.05, 0) is 63.1 Å². The fourth-order valence-corrected chi connectivity index (χ4v) is 15.8. The lowest BCUT2D eigenvalue weighted by atomic mass is 9.99. The van der Waals surface area contributed by atoms with E-state index < -0.39 is 34.0 Å². The molecular weight excluding hydrogens is 851 g/mol. The molecule has 0 aliphatic carbocycles. The van der Waals surface area contributed by atoms with E-state index in [2.05, 4.69) is 123 Å². The largest absolute Gasteiger partial charge is 0.465 e. The molecule has 0 spiro atoms. The highest BCUT2D eigenvalue weighted by Crippen LogP contribution is 2.39. The number of hydrogen-bond acceptors (Lipinski definition) is 10. The molecule has 0 bridgehead atoms. The van der Waals surface area contributed by atoms with Crippen LogP contribution >= 0.6 is 0 Å². The van der Waals surface area contributed by atoms with E-state index in [9.17, 15) is 21.6 Å². The number of carbonyl (C=O) groups is 1. The minimum Gasteiger partial charge on any atom is -0.465 e. The van der Waals surface area contributed by atoms with Crippen LogP contribution < -0.4 is 21.0 Å². The van der Waals surface area contributed by atoms with Crippen LogP contribution in [-0.4, -0.2) is 78.0 Å². The van der Waals surface area contributed by atoms with Crippen molar-refractivity contribution in [3.63, 3.8) is 0 Å². The van der Waals surface area contributed by atoms with Crippen LogP contribution in [-0.2, 0) is 48.5 Å². The number of esters is 1. The van der Waals surface area contributed by atoms with Gasteiger partial charge < -0.3 is 28.9 Å². The first-order valence-electron chi connectivity index (χ1n) is 21.6. The minimum absolute atomic E-state index is 0.0239. The molecule has 2 atom stereocenters. The van der Waals surface area contributed by atoms with Gasteiger partial charge in [0.1, 0.15) is 5.82 Å². The van der Waals surface area contributed by atoms with Crippen LogP contribution in [0.15, 0.2) is 101 Å². The average Bonchev–Trinajstić information content (AvgIpc) is 3.80. The Hall–Kier alpha value is -4.64. The van der Waals surface area contributed by atoms with E-state index in [0.717, 1.165) is 53.7 Å². The molecule has 2 aliphatic heterocycles. The number of carbonyl (C=O) groups excluding carboxylic acids is 1. The highest BCUT2D eigenvalue weighted by molar-refractivity contribution is 7.91. The first kappa shape index (κ1) is 46.4. The summed E-state index contributed by atoms with van der Waals surface area (Å²) >= 11 is 0. The maximum atomic E-state index is 13.2. The van der Waals surface area contributed by atoms with Crippen LogP contribution in [0.1, 0.15) is 88.0 Å². The molecule has 336 valence electrons. The van der Waals surface area contributed by atoms with Gasteiger partial charge in [0.05, 0.1) is 46.1 Å². The second kappa shape index (κ2) is 17.7. The average molecular weight is 912 g/mol. The molecule has 0 saturated carbocycles. The third kappa shape index (κ3) is 8.92. The Labute approximate surface area is 373 Å². The molecule has 0 amide bonds. The number of nitrogens with zero attached hydrogens (tertiary/aromatic N) is 3. The Balaban J connectivity index is 0.000000212. The number of ether oxygens (including phenoxy) is 1. The number of fused-ring (bicyclic) bond motifs is 6. The van der Waals surface area contributed by atoms with Crippen molar-refractivity contribution in [1.82, 2.24) is 24.8 Å². The van der Waals surface area contributed by atoms with E-state index in [-0.39, 0.29) is 34.2 Å². The third-order valence-electron chi connectivity index (χ3n) is 12.4. The summed E-state index contributed by atoms with van der Waals surface area (Å²) in [6.45, 7) is 18.8. The fourth-order valence-electron chi connectivity index (χ4n) is 9.46. The molecule has 2 aliphatic rings. The molecular formula is C48H61N5O7S2Si. The van der Waals surface area contributed by atoms with E-state index in [4.69, 9.17) is 9.16 Å². The molecule has 15 heteroatoms. The van der Waals surface area contributed by atoms with Crippen molar-refractivity contribution in [2.45, 2.75) is 95.1 Å². The van der Waals surface area contributed by atoms with Gasteiger partial charge in [-0.15, -0.1) is 0 Å². The van der Waals surface area contributed by atoms with E-state index in [1.54, 1.807) is 0 Å². The molecule has 0 radical (unpaired) electrons. The summed E-state index contributed by atoms with van der Waals surface area (Å²) < 4.78 is 66.8. The predicted octanol–water partition coefficient (Wildman–Crippen LogP) is 6.95. The highest BCUT2D eigenvalue weighted by atomic mass is 32.2. The lowest BCUT2D eigenvalue weighted by molar-refractivity contribution is 0.0596. The van der Waals surface area contributed by atoms with Crippen LogP contribution in [0.25, 0.3) is 21.9 Å². The standard InChI is InChI=1S/C32H40N2O3SSi.C16H21N3O4S/c1-23(2)31-29-20-24-19-25(30(38(6,35)36)21-28(24)34(29)18-17-33-31)22-37-39(32(3,4)5,26-13-9-7-10-14-26)27-15-11-8-12-16-27;1-9(2)14-15-18-11-7-10(16(20)23-3)13(24(4,21)22)8-12(11)19(15)6-5-17-14/h7-16,19-21,23,31,33H,17-18,22H2,1-6H3;7-9,14,17H,5-6H2,1-4H3. The second-order valence-corrected chi connectivity index (χ2v) is 26.8. The van der Waals surface area contributed by atoms with Gasteiger partial charge in [0, 0.05) is 61.3 Å². The van der Waals surface area contributed by atoms with Gasteiger partial charge in [-0.1, -0.05) is 109 Å². The van der Waals surface area contributed by atoms with Crippen LogP contribution in [0, 0.1) is 11.8 Å². The van der Waals surface area contributed by atoms with Crippen molar-refractivity contribution >= 4 is 66.3 Å². The topological polar surface area (TPSA) is 151 Å². The maximum Gasteiger partial charge on any atom is 0.339 e. The van der Waals surface area contributed by atoms with Crippen LogP contribution in [0.2, 0.25) is 5.04 Å². The van der Waals surface area contributed by atoms with Crippen LogP contribution in [0.3, 0.4) is 0 Å². The monoisotopic (exact) mass is 911 g/mol. The van der Waals surface area contributed by atoms with E-state index in [1.807, 2.05) is 28.8 Å². The lowest BCUT2D eigenvalue weighted by Crippen LogP contribution is -2.66. The number of rotatable bonds is 10. The van der Waals surface area contributed by atoms with Crippen LogP contribution in [0.4, 0.5) is 0 Å². The zero-order chi connectivity index (χ0) is 45.6. The summed E-state index contributed by atoms with van der Waals surface area (Å²) in [5.74, 6) is 0.963. The summed E-state index contributed by atoms with van der Waals surface area (Å²) in [6.07, 6.45) is 2.39. The molecule has 0 fully saturated rings. The smallest absolute Gasteiger partial charge is 0.339 e. The van der Waals surface area contributed by atoms with E-state index in [0.29, 0.717) is 28.8 Å². The highest BCUT2D eigenvalue weighted by Gasteiger charge is 2.50. The molecule has 2 aromatic heterocycles. The Morgan fingerprint density at radius 1 is 0.762 bits per heavy atom. The van der Waals surface area contributed by atoms with Crippen molar-refractivity contribution in [3.05, 3.63) is 114 Å². The minimum atomic E-state index is -3.57. The first-order valence-corrected chi connectivity index (χ1v) is 27.3. The summed E-state index contributed by atoms with van der Waals surface area (Å²) in [7, 11) is -8.65. The van der Waals surface area contributed by atoms with Crippen molar-refractivity contribution < 1.29 is 30.8 Å². The van der Waals surface area contributed by atoms with Gasteiger partial charge in [-0.3, -0.25) is 0 Å². The van der Waals surface area contributed by atoms with Gasteiger partial charge in [0.15, 0.2) is 19.7 Å². The number of methoxy groups -OCH3 is 1. The number of benzene rings is 4. The van der Waals surface area contributed by atoms with Gasteiger partial charge in [0.2, 0.25) is 0 Å². The predicted molar refractivity (Wildman–Crippen MR) is 253 cm³/mol. The number of aromatic nitrogens is 3. The normalized spacial score (nSPS) is 17.1. The number of imidazole rings is 1. The molecule has 8 rings (SSSR count). The fraction of sp³-hybridized carbons (Fsp3) is 0.417. The van der Waals surface area contributed by atoms with Crippen molar-refractivity contribution in [2.75, 3.05) is 32.7 Å². The maximum absolute atomic E-state index is 13.2. The summed E-state index contributed by atoms with van der Waals surface area (Å²) in [6, 6.07) is 30.5. The van der Waals surface area contributed by atoms with Gasteiger partial charge >= 0.3 is 5.97 Å². The Kier molecular flexibility index (Phi) is 13.0. The molecule has 4 aromatic carbocycles. The van der Waals surface area contributed by atoms with E-state index >= 15 is 0 Å². The van der Waals surface area contributed by atoms with Crippen molar-refractivity contribution in [2.24, 2.45) is 11.8 Å². The Morgan fingerprint density at radius 3 is 1.83 bits per heavy atom. The molecule has 4 heterocycles. The molecule has 6 aromatic rings. The van der Waals surface area contributed by atoms with E-state index in [1.165, 1.54) is 41.6 Å². The third-order valence-corrected chi connectivity index (χ3v) is 19.7. The summed E-state index contributed by atoms with van der Waals surface area (Å²) in [4.78, 5) is 17.0. The Bertz CT molecular complexity index is 2830. The summed E-state index contributed by atoms with van der Waals surface area (Å²) in [5.41, 5.74) is 4.27. The summed E-state index contributed by atoms with van der Waals surface area (Å²) in [5, 5.41) is 10.3. The van der Waals surface area contributed by atoms with Gasteiger partial charge in [0.25, 0.3) is 8.32 Å². The zero-order valence-corrected chi connectivity index (χ0v) is 40.7. The number of sulfone groups is 2. The number of nitrogens with one attached hydrogen (secondary N) is 2. The van der Waals surface area contributed by atoms with Crippen LogP contribution in [0.5, 0.6) is 0 Å². The molecule has 0 saturated heterocycles. The van der Waals surface area contributed by atoms with Gasteiger partial charge in [-0.2, -0.15) is 0 Å².